The number of rotatable bonds is 2. The molecule has 0 aromatic heterocycles. The van der Waals surface area contributed by atoms with Crippen LogP contribution in [0.25, 0.3) is 0 Å². The highest BCUT2D eigenvalue weighted by atomic mass is 16.3. The van der Waals surface area contributed by atoms with Gasteiger partial charge in [-0.1, -0.05) is 33.6 Å². The van der Waals surface area contributed by atoms with E-state index in [2.05, 4.69) is 20.8 Å². The van der Waals surface area contributed by atoms with Crippen LogP contribution < -0.4 is 0 Å². The summed E-state index contributed by atoms with van der Waals surface area (Å²) in [5.41, 5.74) is 0.153. The van der Waals surface area contributed by atoms with E-state index in [0.717, 1.165) is 11.8 Å². The summed E-state index contributed by atoms with van der Waals surface area (Å²) in [6.45, 7) is 7.05. The Balaban J connectivity index is 2.44. The fourth-order valence-electron chi connectivity index (χ4n) is 2.17. The molecule has 1 rings (SSSR count). The lowest BCUT2D eigenvalue weighted by molar-refractivity contribution is 0.0646. The SMILES string of the molecule is CC1CCC(C(C)(C)CO)CC1. The minimum Gasteiger partial charge on any atom is -0.396 e. The molecule has 1 N–H and O–H groups in total. The molecule has 12 heavy (non-hydrogen) atoms. The number of aliphatic hydroxyl groups excluding tert-OH is 1. The zero-order valence-corrected chi connectivity index (χ0v) is 8.64. The van der Waals surface area contributed by atoms with Gasteiger partial charge >= 0.3 is 0 Å². The van der Waals surface area contributed by atoms with E-state index in [9.17, 15) is 5.11 Å². The van der Waals surface area contributed by atoms with Crippen LogP contribution >= 0.6 is 0 Å². The van der Waals surface area contributed by atoms with Crippen molar-refractivity contribution >= 4 is 0 Å². The molecule has 0 atom stereocenters. The van der Waals surface area contributed by atoms with Crippen molar-refractivity contribution in [3.63, 3.8) is 0 Å². The summed E-state index contributed by atoms with van der Waals surface area (Å²) in [5.74, 6) is 1.66. The standard InChI is InChI=1S/C11H22O/c1-9-4-6-10(7-5-9)11(2,3)8-12/h9-10,12H,4-8H2,1-3H3. The van der Waals surface area contributed by atoms with Gasteiger partial charge in [-0.3, -0.25) is 0 Å². The largest absolute Gasteiger partial charge is 0.396 e. The number of hydrogen-bond donors (Lipinski definition) is 1. The van der Waals surface area contributed by atoms with Crippen LogP contribution in [-0.2, 0) is 0 Å². The molecule has 1 saturated carbocycles. The van der Waals surface area contributed by atoms with Crippen LogP contribution in [0.2, 0.25) is 0 Å². The van der Waals surface area contributed by atoms with Crippen LogP contribution in [-0.4, -0.2) is 11.7 Å². The highest BCUT2D eigenvalue weighted by molar-refractivity contribution is 4.81. The first-order chi connectivity index (χ1) is 5.56. The molecular formula is C11H22O. The number of hydrogen-bond acceptors (Lipinski definition) is 1. The second kappa shape index (κ2) is 3.78. The highest BCUT2D eigenvalue weighted by Gasteiger charge is 2.31. The molecule has 1 nitrogen and oxygen atoms in total. The molecule has 0 amide bonds. The molecule has 1 heteroatoms. The van der Waals surface area contributed by atoms with Crippen molar-refractivity contribution in [3.8, 4) is 0 Å². The molecule has 0 spiro atoms. The van der Waals surface area contributed by atoms with Crippen molar-refractivity contribution in [2.75, 3.05) is 6.61 Å². The smallest absolute Gasteiger partial charge is 0.0484 e. The average Bonchev–Trinajstić information content (AvgIpc) is 2.05. The minimum atomic E-state index is 0.153. The molecule has 72 valence electrons. The lowest BCUT2D eigenvalue weighted by Gasteiger charge is -2.37. The maximum Gasteiger partial charge on any atom is 0.0484 e. The van der Waals surface area contributed by atoms with Gasteiger partial charge < -0.3 is 5.11 Å². The van der Waals surface area contributed by atoms with Gasteiger partial charge in [0.1, 0.15) is 0 Å². The Kier molecular flexibility index (Phi) is 3.16. The van der Waals surface area contributed by atoms with Gasteiger partial charge in [-0.25, -0.2) is 0 Å². The van der Waals surface area contributed by atoms with Crippen LogP contribution in [0, 0.1) is 17.3 Å². The second-order valence-corrected chi connectivity index (χ2v) is 5.10. The molecule has 0 saturated heterocycles. The van der Waals surface area contributed by atoms with Crippen LogP contribution in [0.4, 0.5) is 0 Å². The first kappa shape index (κ1) is 10.0. The lowest BCUT2D eigenvalue weighted by Crippen LogP contribution is -2.30. The fourth-order valence-corrected chi connectivity index (χ4v) is 2.17. The van der Waals surface area contributed by atoms with E-state index in [4.69, 9.17) is 0 Å². The fraction of sp³-hybridized carbons (Fsp3) is 1.00. The average molecular weight is 170 g/mol. The molecule has 1 aliphatic rings. The first-order valence-corrected chi connectivity index (χ1v) is 5.17. The van der Waals surface area contributed by atoms with Crippen molar-refractivity contribution in [3.05, 3.63) is 0 Å². The zero-order valence-electron chi connectivity index (χ0n) is 8.64. The predicted octanol–water partition coefficient (Wildman–Crippen LogP) is 2.83. The van der Waals surface area contributed by atoms with Crippen molar-refractivity contribution < 1.29 is 5.11 Å². The molecule has 1 aliphatic carbocycles. The van der Waals surface area contributed by atoms with Crippen molar-refractivity contribution in [1.29, 1.82) is 0 Å². The van der Waals surface area contributed by atoms with Crippen LogP contribution in [0.5, 0.6) is 0 Å². The van der Waals surface area contributed by atoms with Gasteiger partial charge in [0.05, 0.1) is 0 Å². The Morgan fingerprint density at radius 1 is 1.17 bits per heavy atom. The molecule has 0 bridgehead atoms. The van der Waals surface area contributed by atoms with Crippen LogP contribution in [0.3, 0.4) is 0 Å². The number of aliphatic hydroxyl groups is 1. The van der Waals surface area contributed by atoms with Crippen molar-refractivity contribution in [2.24, 2.45) is 17.3 Å². The maximum atomic E-state index is 9.21. The van der Waals surface area contributed by atoms with Crippen LogP contribution in [0.15, 0.2) is 0 Å². The van der Waals surface area contributed by atoms with Crippen molar-refractivity contribution in [2.45, 2.75) is 46.5 Å². The summed E-state index contributed by atoms with van der Waals surface area (Å²) in [4.78, 5) is 0. The Morgan fingerprint density at radius 2 is 1.67 bits per heavy atom. The summed E-state index contributed by atoms with van der Waals surface area (Å²) in [7, 11) is 0. The summed E-state index contributed by atoms with van der Waals surface area (Å²) >= 11 is 0. The molecule has 0 aliphatic heterocycles. The van der Waals surface area contributed by atoms with E-state index in [0.29, 0.717) is 6.61 Å². The minimum absolute atomic E-state index is 0.153. The third-order valence-electron chi connectivity index (χ3n) is 3.53. The summed E-state index contributed by atoms with van der Waals surface area (Å²) in [6, 6.07) is 0. The summed E-state index contributed by atoms with van der Waals surface area (Å²) in [6.07, 6.45) is 5.34. The molecule has 1 fully saturated rings. The van der Waals surface area contributed by atoms with E-state index in [1.807, 2.05) is 0 Å². The monoisotopic (exact) mass is 170 g/mol. The molecular weight excluding hydrogens is 148 g/mol. The third kappa shape index (κ3) is 2.22. The molecule has 0 unspecified atom stereocenters. The second-order valence-electron chi connectivity index (χ2n) is 5.10. The van der Waals surface area contributed by atoms with E-state index < -0.39 is 0 Å². The molecule has 0 aromatic rings. The first-order valence-electron chi connectivity index (χ1n) is 5.17. The summed E-state index contributed by atoms with van der Waals surface area (Å²) < 4.78 is 0. The van der Waals surface area contributed by atoms with Gasteiger partial charge in [0.15, 0.2) is 0 Å². The topological polar surface area (TPSA) is 20.2 Å². The zero-order chi connectivity index (χ0) is 9.19. The molecule has 0 aromatic carbocycles. The summed E-state index contributed by atoms with van der Waals surface area (Å²) in [5, 5.41) is 9.21. The van der Waals surface area contributed by atoms with Gasteiger partial charge in [0, 0.05) is 6.61 Å². The quantitative estimate of drug-likeness (QED) is 0.675. The maximum absolute atomic E-state index is 9.21. The predicted molar refractivity (Wildman–Crippen MR) is 52.0 cm³/mol. The highest BCUT2D eigenvalue weighted by Crippen LogP contribution is 2.39. The van der Waals surface area contributed by atoms with Gasteiger partial charge in [0.2, 0.25) is 0 Å². The van der Waals surface area contributed by atoms with Gasteiger partial charge in [0.25, 0.3) is 0 Å². The van der Waals surface area contributed by atoms with E-state index in [-0.39, 0.29) is 5.41 Å². The van der Waals surface area contributed by atoms with Gasteiger partial charge in [-0.05, 0) is 30.1 Å². The van der Waals surface area contributed by atoms with Crippen molar-refractivity contribution in [1.82, 2.24) is 0 Å². The van der Waals surface area contributed by atoms with Gasteiger partial charge in [-0.15, -0.1) is 0 Å². The Hall–Kier alpha value is -0.0400. The Labute approximate surface area is 76.2 Å². The Bertz CT molecular complexity index is 132. The van der Waals surface area contributed by atoms with E-state index >= 15 is 0 Å². The van der Waals surface area contributed by atoms with Crippen LogP contribution in [0.1, 0.15) is 46.5 Å². The van der Waals surface area contributed by atoms with E-state index in [1.54, 1.807) is 0 Å². The van der Waals surface area contributed by atoms with E-state index in [1.165, 1.54) is 25.7 Å². The normalized spacial score (nSPS) is 32.0. The third-order valence-corrected chi connectivity index (χ3v) is 3.53. The molecule has 0 radical (unpaired) electrons. The Morgan fingerprint density at radius 3 is 2.08 bits per heavy atom. The lowest BCUT2D eigenvalue weighted by atomic mass is 9.69. The molecule has 0 heterocycles. The van der Waals surface area contributed by atoms with Gasteiger partial charge in [-0.2, -0.15) is 0 Å².